The fourth-order valence-corrected chi connectivity index (χ4v) is 6.36. The summed E-state index contributed by atoms with van der Waals surface area (Å²) in [4.78, 5) is 41.2. The Bertz CT molecular complexity index is 1500. The summed E-state index contributed by atoms with van der Waals surface area (Å²) in [6, 6.07) is 19.2. The van der Waals surface area contributed by atoms with E-state index in [-0.39, 0.29) is 42.3 Å². The number of amides is 3. The second-order valence-electron chi connectivity index (χ2n) is 9.00. The van der Waals surface area contributed by atoms with Gasteiger partial charge >= 0.3 is 0 Å². The van der Waals surface area contributed by atoms with Gasteiger partial charge < -0.3 is 10.2 Å². The van der Waals surface area contributed by atoms with E-state index in [1.165, 1.54) is 23.1 Å². The second-order valence-corrected chi connectivity index (χ2v) is 11.6. The Morgan fingerprint density at radius 1 is 0.949 bits per heavy atom. The Kier molecular flexibility index (Phi) is 8.94. The van der Waals surface area contributed by atoms with E-state index in [0.29, 0.717) is 26.5 Å². The van der Waals surface area contributed by atoms with E-state index in [2.05, 4.69) is 5.32 Å². The molecule has 8 nitrogen and oxygen atoms in total. The van der Waals surface area contributed by atoms with Gasteiger partial charge in [-0.3, -0.25) is 14.4 Å². The van der Waals surface area contributed by atoms with Gasteiger partial charge in [0.25, 0.3) is 15.9 Å². The molecule has 0 aromatic heterocycles. The van der Waals surface area contributed by atoms with Crippen molar-refractivity contribution < 1.29 is 22.8 Å². The van der Waals surface area contributed by atoms with Gasteiger partial charge in [-0.2, -0.15) is 0 Å². The molecule has 0 bridgehead atoms. The van der Waals surface area contributed by atoms with Crippen molar-refractivity contribution in [1.82, 2.24) is 14.5 Å². The summed E-state index contributed by atoms with van der Waals surface area (Å²) in [6.07, 6.45) is -0.0862. The Balaban J connectivity index is 1.64. The molecule has 0 fully saturated rings. The van der Waals surface area contributed by atoms with Crippen molar-refractivity contribution in [3.63, 3.8) is 0 Å². The molecular weight excluding hydrogens is 561 g/mol. The fourth-order valence-electron chi connectivity index (χ4n) is 4.47. The molecule has 0 spiro atoms. The van der Waals surface area contributed by atoms with Crippen molar-refractivity contribution in [2.75, 3.05) is 13.1 Å². The first kappa shape index (κ1) is 28.6. The lowest BCUT2D eigenvalue weighted by Crippen LogP contribution is -2.51. The monoisotopic (exact) mass is 587 g/mol. The Morgan fingerprint density at radius 2 is 1.64 bits per heavy atom. The van der Waals surface area contributed by atoms with Crippen LogP contribution in [0.2, 0.25) is 10.0 Å². The number of halogens is 2. The van der Waals surface area contributed by atoms with Crippen LogP contribution in [0.3, 0.4) is 0 Å². The first-order chi connectivity index (χ1) is 18.6. The van der Waals surface area contributed by atoms with Gasteiger partial charge in [0.15, 0.2) is 0 Å². The molecule has 1 atom stereocenters. The third-order valence-electron chi connectivity index (χ3n) is 6.40. The molecule has 4 rings (SSSR count). The molecule has 39 heavy (non-hydrogen) atoms. The number of likely N-dealkylation sites (N-methyl/N-ethyl adjacent to an activating group) is 1. The van der Waals surface area contributed by atoms with E-state index in [4.69, 9.17) is 23.2 Å². The second kappa shape index (κ2) is 12.2. The lowest BCUT2D eigenvalue weighted by atomic mass is 10.0. The zero-order valence-electron chi connectivity index (χ0n) is 21.1. The van der Waals surface area contributed by atoms with Crippen LogP contribution < -0.4 is 5.32 Å². The van der Waals surface area contributed by atoms with Gasteiger partial charge in [-0.25, -0.2) is 12.7 Å². The van der Waals surface area contributed by atoms with Gasteiger partial charge in [0.1, 0.15) is 10.9 Å². The molecule has 0 unspecified atom stereocenters. The predicted octanol–water partition coefficient (Wildman–Crippen LogP) is 4.30. The van der Waals surface area contributed by atoms with E-state index in [9.17, 15) is 22.8 Å². The van der Waals surface area contributed by atoms with Crippen LogP contribution in [0, 0.1) is 0 Å². The summed E-state index contributed by atoms with van der Waals surface area (Å²) in [7, 11) is -4.08. The number of fused-ring (bicyclic) bond motifs is 1. The minimum Gasteiger partial charge on any atom is -0.355 e. The lowest BCUT2D eigenvalue weighted by molar-refractivity contribution is -0.141. The minimum atomic E-state index is -4.08. The van der Waals surface area contributed by atoms with Gasteiger partial charge in [-0.1, -0.05) is 71.7 Å². The van der Waals surface area contributed by atoms with Crippen LogP contribution in [0.1, 0.15) is 34.8 Å². The summed E-state index contributed by atoms with van der Waals surface area (Å²) < 4.78 is 26.7. The number of benzene rings is 3. The summed E-state index contributed by atoms with van der Waals surface area (Å²) in [5.74, 6) is -1.53. The Labute approximate surface area is 237 Å². The average Bonchev–Trinajstić information content (AvgIpc) is 3.12. The van der Waals surface area contributed by atoms with Gasteiger partial charge in [-0.05, 0) is 42.3 Å². The molecule has 0 aliphatic carbocycles. The van der Waals surface area contributed by atoms with E-state index in [0.717, 1.165) is 5.56 Å². The molecule has 1 aliphatic heterocycles. The van der Waals surface area contributed by atoms with Crippen molar-refractivity contribution in [3.05, 3.63) is 99.5 Å². The molecule has 1 heterocycles. The lowest BCUT2D eigenvalue weighted by Gasteiger charge is -2.32. The van der Waals surface area contributed by atoms with Crippen molar-refractivity contribution in [3.8, 4) is 0 Å². The molecule has 3 aromatic rings. The number of hydrogen-bond donors (Lipinski definition) is 1. The molecule has 3 aromatic carbocycles. The average molecular weight is 589 g/mol. The number of rotatable bonds is 10. The van der Waals surface area contributed by atoms with Crippen molar-refractivity contribution in [2.45, 2.75) is 37.2 Å². The Morgan fingerprint density at radius 3 is 2.31 bits per heavy atom. The third kappa shape index (κ3) is 6.27. The maximum atomic E-state index is 13.7. The highest BCUT2D eigenvalue weighted by atomic mass is 35.5. The topological polar surface area (TPSA) is 104 Å². The minimum absolute atomic E-state index is 0.0191. The van der Waals surface area contributed by atoms with Crippen LogP contribution in [0.25, 0.3) is 0 Å². The van der Waals surface area contributed by atoms with Crippen LogP contribution >= 0.6 is 23.2 Å². The molecular formula is C28H27Cl2N3O5S. The van der Waals surface area contributed by atoms with Crippen molar-refractivity contribution >= 4 is 50.9 Å². The van der Waals surface area contributed by atoms with Crippen molar-refractivity contribution in [2.24, 2.45) is 0 Å². The largest absolute Gasteiger partial charge is 0.355 e. The summed E-state index contributed by atoms with van der Waals surface area (Å²) in [5, 5.41) is 3.44. The number of carbonyl (C=O) groups excluding carboxylic acids is 3. The van der Waals surface area contributed by atoms with E-state index in [1.54, 1.807) is 31.2 Å². The predicted molar refractivity (Wildman–Crippen MR) is 149 cm³/mol. The molecule has 11 heteroatoms. The summed E-state index contributed by atoms with van der Waals surface area (Å²) >= 11 is 12.3. The third-order valence-corrected chi connectivity index (χ3v) is 8.98. The molecule has 1 aliphatic rings. The highest BCUT2D eigenvalue weighted by Gasteiger charge is 2.41. The zero-order chi connectivity index (χ0) is 28.2. The standard InChI is InChI=1S/C28H27Cl2N3O5S/c1-2-31-27(35)24(17-19-8-4-3-5-9-19)32(18-20-12-13-22(29)23(30)16-20)26(34)14-15-33-28(36)21-10-6-7-11-25(21)39(33,37)38/h3-13,16,24H,2,14-15,17-18H2,1H3,(H,31,35)/t24-/m0/s1. The highest BCUT2D eigenvalue weighted by molar-refractivity contribution is 7.90. The SMILES string of the molecule is CCNC(=O)[C@H](Cc1ccccc1)N(Cc1ccc(Cl)c(Cl)c1)C(=O)CCN1C(=O)c2ccccc2S1(=O)=O. The number of nitrogens with one attached hydrogen (secondary N) is 1. The van der Waals surface area contributed by atoms with Gasteiger partial charge in [0.05, 0.1) is 15.6 Å². The van der Waals surface area contributed by atoms with Crippen LogP contribution in [0.4, 0.5) is 0 Å². The normalized spacial score (nSPS) is 14.5. The number of sulfonamides is 1. The summed E-state index contributed by atoms with van der Waals surface area (Å²) in [6.45, 7) is 1.80. The first-order valence-corrected chi connectivity index (χ1v) is 14.5. The quantitative estimate of drug-likeness (QED) is 0.381. The molecule has 204 valence electrons. The molecule has 0 saturated heterocycles. The van der Waals surface area contributed by atoms with Gasteiger partial charge in [0.2, 0.25) is 11.8 Å². The van der Waals surface area contributed by atoms with Gasteiger partial charge in [-0.15, -0.1) is 0 Å². The molecule has 3 amide bonds. The maximum absolute atomic E-state index is 13.7. The summed E-state index contributed by atoms with van der Waals surface area (Å²) in [5.41, 5.74) is 1.55. The smallest absolute Gasteiger partial charge is 0.269 e. The molecule has 1 N–H and O–H groups in total. The van der Waals surface area contributed by atoms with Gasteiger partial charge in [0, 0.05) is 32.5 Å². The fraction of sp³-hybridized carbons (Fsp3) is 0.250. The van der Waals surface area contributed by atoms with Crippen LogP contribution in [-0.4, -0.2) is 54.5 Å². The van der Waals surface area contributed by atoms with E-state index in [1.807, 2.05) is 30.3 Å². The number of hydrogen-bond acceptors (Lipinski definition) is 5. The first-order valence-electron chi connectivity index (χ1n) is 12.3. The number of nitrogens with zero attached hydrogens (tertiary/aromatic N) is 2. The zero-order valence-corrected chi connectivity index (χ0v) is 23.5. The number of carbonyl (C=O) groups is 3. The van der Waals surface area contributed by atoms with E-state index < -0.39 is 27.9 Å². The highest BCUT2D eigenvalue weighted by Crippen LogP contribution is 2.30. The molecule has 0 saturated carbocycles. The van der Waals surface area contributed by atoms with Crippen molar-refractivity contribution in [1.29, 1.82) is 0 Å². The van der Waals surface area contributed by atoms with Crippen LogP contribution in [0.5, 0.6) is 0 Å². The van der Waals surface area contributed by atoms with Crippen LogP contribution in [-0.2, 0) is 32.6 Å². The van der Waals surface area contributed by atoms with Crippen LogP contribution in [0.15, 0.2) is 77.7 Å². The Hall–Kier alpha value is -3.40. The van der Waals surface area contributed by atoms with E-state index >= 15 is 0 Å². The molecule has 0 radical (unpaired) electrons. The maximum Gasteiger partial charge on any atom is 0.269 e.